The zero-order valence-electron chi connectivity index (χ0n) is 6.54. The van der Waals surface area contributed by atoms with Crippen LogP contribution in [0.25, 0.3) is 0 Å². The van der Waals surface area contributed by atoms with Gasteiger partial charge in [0.05, 0.1) is 5.92 Å². The predicted molar refractivity (Wildman–Crippen MR) is 39.1 cm³/mol. The van der Waals surface area contributed by atoms with E-state index in [1.165, 1.54) is 6.92 Å². The average Bonchev–Trinajstić information content (AvgIpc) is 2.32. The van der Waals surface area contributed by atoms with Gasteiger partial charge in [-0.3, -0.25) is 9.59 Å². The Hall–Kier alpha value is -0.860. The van der Waals surface area contributed by atoms with E-state index in [0.29, 0.717) is 6.42 Å². The number of carbonyl (C=O) groups is 2. The largest absolute Gasteiger partial charge is 0.481 e. The monoisotopic (exact) mass is 156 g/mol. The van der Waals surface area contributed by atoms with Crippen LogP contribution in [0.4, 0.5) is 0 Å². The maximum atomic E-state index is 10.9. The van der Waals surface area contributed by atoms with Gasteiger partial charge in [-0.05, 0) is 19.8 Å². The molecule has 0 heterocycles. The Bertz CT molecular complexity index is 166. The van der Waals surface area contributed by atoms with E-state index in [2.05, 4.69) is 0 Å². The molecule has 0 amide bonds. The fourth-order valence-electron chi connectivity index (χ4n) is 1.74. The number of carbonyl (C=O) groups excluding carboxylic acids is 1. The molecule has 3 heteroatoms. The Labute approximate surface area is 65.4 Å². The van der Waals surface area contributed by atoms with Crippen molar-refractivity contribution >= 4 is 11.8 Å². The van der Waals surface area contributed by atoms with Crippen molar-refractivity contribution in [2.45, 2.75) is 26.2 Å². The Morgan fingerprint density at radius 3 is 2.18 bits per heavy atom. The summed E-state index contributed by atoms with van der Waals surface area (Å²) < 4.78 is 0. The van der Waals surface area contributed by atoms with Crippen molar-refractivity contribution in [2.75, 3.05) is 0 Å². The first-order valence-electron chi connectivity index (χ1n) is 3.86. The van der Waals surface area contributed by atoms with E-state index >= 15 is 0 Å². The number of ketones is 1. The van der Waals surface area contributed by atoms with E-state index < -0.39 is 11.9 Å². The SMILES string of the molecule is CC(=O)C1CCCC1C(=O)O. The zero-order valence-corrected chi connectivity index (χ0v) is 6.54. The Kier molecular flexibility index (Phi) is 2.27. The van der Waals surface area contributed by atoms with Crippen LogP contribution < -0.4 is 0 Å². The van der Waals surface area contributed by atoms with E-state index in [0.717, 1.165) is 12.8 Å². The Balaban J connectivity index is 2.65. The molecule has 62 valence electrons. The van der Waals surface area contributed by atoms with Crippen molar-refractivity contribution in [1.29, 1.82) is 0 Å². The van der Waals surface area contributed by atoms with Crippen molar-refractivity contribution in [3.05, 3.63) is 0 Å². The molecule has 0 aliphatic heterocycles. The van der Waals surface area contributed by atoms with Gasteiger partial charge in [-0.15, -0.1) is 0 Å². The fraction of sp³-hybridized carbons (Fsp3) is 0.750. The molecule has 0 saturated heterocycles. The molecule has 0 bridgehead atoms. The van der Waals surface area contributed by atoms with Crippen LogP contribution in [0.3, 0.4) is 0 Å². The van der Waals surface area contributed by atoms with Crippen LogP contribution in [0.2, 0.25) is 0 Å². The second-order valence-corrected chi connectivity index (χ2v) is 3.09. The maximum absolute atomic E-state index is 10.9. The minimum absolute atomic E-state index is 0.0231. The summed E-state index contributed by atoms with van der Waals surface area (Å²) in [5, 5.41) is 8.68. The van der Waals surface area contributed by atoms with Crippen LogP contribution in [-0.2, 0) is 9.59 Å². The topological polar surface area (TPSA) is 54.4 Å². The highest BCUT2D eigenvalue weighted by Gasteiger charge is 2.35. The summed E-state index contributed by atoms with van der Waals surface area (Å²) >= 11 is 0. The van der Waals surface area contributed by atoms with Crippen LogP contribution in [0.15, 0.2) is 0 Å². The number of carboxylic acid groups (broad SMARTS) is 1. The number of hydrogen-bond acceptors (Lipinski definition) is 2. The minimum Gasteiger partial charge on any atom is -0.481 e. The fourth-order valence-corrected chi connectivity index (χ4v) is 1.74. The predicted octanol–water partition coefficient (Wildman–Crippen LogP) is 1.08. The molecule has 0 aromatic rings. The van der Waals surface area contributed by atoms with Gasteiger partial charge in [-0.2, -0.15) is 0 Å². The Morgan fingerprint density at radius 2 is 1.82 bits per heavy atom. The first kappa shape index (κ1) is 8.24. The number of hydrogen-bond donors (Lipinski definition) is 1. The molecule has 0 aromatic carbocycles. The van der Waals surface area contributed by atoms with Crippen LogP contribution in [-0.4, -0.2) is 16.9 Å². The Morgan fingerprint density at radius 1 is 1.27 bits per heavy atom. The second-order valence-electron chi connectivity index (χ2n) is 3.09. The second kappa shape index (κ2) is 3.03. The van der Waals surface area contributed by atoms with Crippen LogP contribution in [0.1, 0.15) is 26.2 Å². The molecule has 2 atom stereocenters. The van der Waals surface area contributed by atoms with Crippen LogP contribution >= 0.6 is 0 Å². The quantitative estimate of drug-likeness (QED) is 0.650. The van der Waals surface area contributed by atoms with Crippen LogP contribution in [0.5, 0.6) is 0 Å². The van der Waals surface area contributed by atoms with Crippen molar-refractivity contribution in [1.82, 2.24) is 0 Å². The third-order valence-corrected chi connectivity index (χ3v) is 2.36. The van der Waals surface area contributed by atoms with E-state index in [4.69, 9.17) is 5.11 Å². The summed E-state index contributed by atoms with van der Waals surface area (Å²) in [6.45, 7) is 1.48. The standard InChI is InChI=1S/C8H12O3/c1-5(9)6-3-2-4-7(6)8(10)11/h6-7H,2-4H2,1H3,(H,10,11). The normalized spacial score (nSPS) is 30.3. The lowest BCUT2D eigenvalue weighted by Crippen LogP contribution is -2.23. The molecule has 0 spiro atoms. The lowest BCUT2D eigenvalue weighted by atomic mass is 9.93. The van der Waals surface area contributed by atoms with Crippen molar-refractivity contribution < 1.29 is 14.7 Å². The summed E-state index contributed by atoms with van der Waals surface area (Å²) in [5.74, 6) is -1.42. The van der Waals surface area contributed by atoms with E-state index in [9.17, 15) is 9.59 Å². The minimum atomic E-state index is -0.817. The molecule has 0 radical (unpaired) electrons. The van der Waals surface area contributed by atoms with Gasteiger partial charge in [-0.1, -0.05) is 6.42 Å². The molecule has 1 saturated carbocycles. The number of rotatable bonds is 2. The molecule has 1 aliphatic rings. The highest BCUT2D eigenvalue weighted by atomic mass is 16.4. The highest BCUT2D eigenvalue weighted by Crippen LogP contribution is 2.32. The third-order valence-electron chi connectivity index (χ3n) is 2.36. The molecular weight excluding hydrogens is 144 g/mol. The third kappa shape index (κ3) is 1.59. The number of Topliss-reactive ketones (excluding diaryl/α,β-unsaturated/α-hetero) is 1. The smallest absolute Gasteiger partial charge is 0.307 e. The van der Waals surface area contributed by atoms with E-state index in [1.54, 1.807) is 0 Å². The number of carboxylic acids is 1. The first-order chi connectivity index (χ1) is 5.13. The maximum Gasteiger partial charge on any atom is 0.307 e. The van der Waals surface area contributed by atoms with Gasteiger partial charge >= 0.3 is 5.97 Å². The molecule has 0 aromatic heterocycles. The summed E-state index contributed by atoms with van der Waals surface area (Å²) in [5.41, 5.74) is 0. The van der Waals surface area contributed by atoms with Gasteiger partial charge < -0.3 is 5.11 Å². The summed E-state index contributed by atoms with van der Waals surface area (Å²) in [6.07, 6.45) is 2.30. The van der Waals surface area contributed by atoms with Gasteiger partial charge in [0.2, 0.25) is 0 Å². The number of aliphatic carboxylic acids is 1. The molecular formula is C8H12O3. The molecule has 2 unspecified atom stereocenters. The molecule has 1 fully saturated rings. The molecule has 3 nitrogen and oxygen atoms in total. The summed E-state index contributed by atoms with van der Waals surface area (Å²) in [4.78, 5) is 21.5. The van der Waals surface area contributed by atoms with Gasteiger partial charge in [-0.25, -0.2) is 0 Å². The van der Waals surface area contributed by atoms with Gasteiger partial charge in [0.25, 0.3) is 0 Å². The van der Waals surface area contributed by atoms with Crippen molar-refractivity contribution in [2.24, 2.45) is 11.8 Å². The molecule has 1 N–H and O–H groups in total. The highest BCUT2D eigenvalue weighted by molar-refractivity contribution is 5.84. The van der Waals surface area contributed by atoms with Crippen molar-refractivity contribution in [3.8, 4) is 0 Å². The van der Waals surface area contributed by atoms with Crippen LogP contribution in [0, 0.1) is 11.8 Å². The lowest BCUT2D eigenvalue weighted by Gasteiger charge is -2.10. The molecule has 1 rings (SSSR count). The van der Waals surface area contributed by atoms with Crippen molar-refractivity contribution in [3.63, 3.8) is 0 Å². The first-order valence-corrected chi connectivity index (χ1v) is 3.86. The summed E-state index contributed by atoms with van der Waals surface area (Å²) in [6, 6.07) is 0. The molecule has 11 heavy (non-hydrogen) atoms. The lowest BCUT2D eigenvalue weighted by molar-refractivity contribution is -0.145. The van der Waals surface area contributed by atoms with Gasteiger partial charge in [0.1, 0.15) is 5.78 Å². The summed E-state index contributed by atoms with van der Waals surface area (Å²) in [7, 11) is 0. The zero-order chi connectivity index (χ0) is 8.43. The van der Waals surface area contributed by atoms with E-state index in [1.807, 2.05) is 0 Å². The molecule has 1 aliphatic carbocycles. The average molecular weight is 156 g/mol. The van der Waals surface area contributed by atoms with E-state index in [-0.39, 0.29) is 11.7 Å². The van der Waals surface area contributed by atoms with Gasteiger partial charge in [0.15, 0.2) is 0 Å². The van der Waals surface area contributed by atoms with Gasteiger partial charge in [0, 0.05) is 5.92 Å².